The number of hydrogen-bond donors (Lipinski definition) is 1. The molecule has 2 aliphatic carbocycles. The van der Waals surface area contributed by atoms with Crippen LogP contribution in [0.25, 0.3) is 0 Å². The lowest BCUT2D eigenvalue weighted by Gasteiger charge is -2.22. The Kier molecular flexibility index (Phi) is 2.08. The second-order valence-electron chi connectivity index (χ2n) is 3.47. The van der Waals surface area contributed by atoms with Gasteiger partial charge in [-0.3, -0.25) is 0 Å². The van der Waals surface area contributed by atoms with Gasteiger partial charge in [-0.25, -0.2) is 0 Å². The zero-order valence-corrected chi connectivity index (χ0v) is 7.66. The van der Waals surface area contributed by atoms with Gasteiger partial charge in [0.2, 0.25) is 0 Å². The van der Waals surface area contributed by atoms with Crippen molar-refractivity contribution in [3.05, 3.63) is 22.1 Å². The van der Waals surface area contributed by atoms with Crippen LogP contribution in [0.1, 0.15) is 38.5 Å². The van der Waals surface area contributed by atoms with Gasteiger partial charge in [-0.05, 0) is 55.1 Å². The van der Waals surface area contributed by atoms with Gasteiger partial charge in [-0.2, -0.15) is 0 Å². The summed E-state index contributed by atoms with van der Waals surface area (Å²) in [6.45, 7) is 0. The average Bonchev–Trinajstić information content (AvgIpc) is 2.04. The third-order valence-electron chi connectivity index (χ3n) is 2.65. The van der Waals surface area contributed by atoms with E-state index in [0.29, 0.717) is 0 Å². The van der Waals surface area contributed by atoms with Crippen LogP contribution < -0.4 is 0 Å². The van der Waals surface area contributed by atoms with Gasteiger partial charge in [0.15, 0.2) is 0 Å². The molecule has 2 aliphatic rings. The van der Waals surface area contributed by atoms with Crippen molar-refractivity contribution in [2.24, 2.45) is 0 Å². The van der Waals surface area contributed by atoms with Crippen LogP contribution in [0.4, 0.5) is 0 Å². The Labute approximate surface area is 73.8 Å². The van der Waals surface area contributed by atoms with Gasteiger partial charge in [0, 0.05) is 0 Å². The molecule has 0 aromatic heterocycles. The molecular weight excluding hydrogens is 152 g/mol. The van der Waals surface area contributed by atoms with Gasteiger partial charge in [0.25, 0.3) is 0 Å². The Morgan fingerprint density at radius 1 is 1.00 bits per heavy atom. The van der Waals surface area contributed by atoms with Crippen LogP contribution in [0.15, 0.2) is 22.1 Å². The molecule has 0 aromatic rings. The summed E-state index contributed by atoms with van der Waals surface area (Å²) >= 11 is 4.41. The van der Waals surface area contributed by atoms with Crippen LogP contribution in [0.3, 0.4) is 0 Å². The SMILES string of the molecule is SC1=CC2=C(CCCC2)CC1. The molecule has 0 saturated heterocycles. The zero-order chi connectivity index (χ0) is 7.68. The topological polar surface area (TPSA) is 0 Å². The van der Waals surface area contributed by atoms with Crippen molar-refractivity contribution in [3.63, 3.8) is 0 Å². The lowest BCUT2D eigenvalue weighted by molar-refractivity contribution is 0.649. The Balaban J connectivity index is 2.25. The molecule has 0 spiro atoms. The van der Waals surface area contributed by atoms with E-state index < -0.39 is 0 Å². The summed E-state index contributed by atoms with van der Waals surface area (Å²) in [5.41, 5.74) is 3.32. The van der Waals surface area contributed by atoms with Crippen molar-refractivity contribution in [1.29, 1.82) is 0 Å². The molecule has 0 fully saturated rings. The Bertz CT molecular complexity index is 223. The first-order chi connectivity index (χ1) is 5.36. The lowest BCUT2D eigenvalue weighted by atomic mass is 9.86. The molecule has 11 heavy (non-hydrogen) atoms. The van der Waals surface area contributed by atoms with Crippen molar-refractivity contribution >= 4 is 12.6 Å². The van der Waals surface area contributed by atoms with E-state index in [4.69, 9.17) is 0 Å². The predicted octanol–water partition coefficient (Wildman–Crippen LogP) is 3.46. The van der Waals surface area contributed by atoms with Crippen LogP contribution in [0.2, 0.25) is 0 Å². The number of hydrogen-bond acceptors (Lipinski definition) is 1. The Hall–Kier alpha value is -0.170. The van der Waals surface area contributed by atoms with E-state index in [-0.39, 0.29) is 0 Å². The van der Waals surface area contributed by atoms with E-state index in [1.54, 1.807) is 11.1 Å². The summed E-state index contributed by atoms with van der Waals surface area (Å²) in [5.74, 6) is 0. The number of allylic oxidation sites excluding steroid dienone is 4. The van der Waals surface area contributed by atoms with Gasteiger partial charge in [-0.1, -0.05) is 5.57 Å². The molecule has 0 N–H and O–H groups in total. The highest BCUT2D eigenvalue weighted by molar-refractivity contribution is 7.84. The fourth-order valence-electron chi connectivity index (χ4n) is 2.00. The predicted molar refractivity (Wildman–Crippen MR) is 51.8 cm³/mol. The summed E-state index contributed by atoms with van der Waals surface area (Å²) in [5, 5.41) is 0. The third-order valence-corrected chi connectivity index (χ3v) is 3.01. The van der Waals surface area contributed by atoms with Crippen molar-refractivity contribution in [2.45, 2.75) is 38.5 Å². The molecule has 2 rings (SSSR count). The summed E-state index contributed by atoms with van der Waals surface area (Å²) < 4.78 is 0. The molecule has 60 valence electrons. The van der Waals surface area contributed by atoms with Gasteiger partial charge in [0.05, 0.1) is 0 Å². The highest BCUT2D eigenvalue weighted by atomic mass is 32.1. The first kappa shape index (κ1) is 7.48. The summed E-state index contributed by atoms with van der Waals surface area (Å²) in [6.07, 6.45) is 10.2. The molecular formula is C10H14S. The summed E-state index contributed by atoms with van der Waals surface area (Å²) in [4.78, 5) is 1.28. The monoisotopic (exact) mass is 166 g/mol. The van der Waals surface area contributed by atoms with Gasteiger partial charge >= 0.3 is 0 Å². The fraction of sp³-hybridized carbons (Fsp3) is 0.600. The van der Waals surface area contributed by atoms with Gasteiger partial charge in [-0.15, -0.1) is 12.6 Å². The first-order valence-corrected chi connectivity index (χ1v) is 4.91. The van der Waals surface area contributed by atoms with Crippen LogP contribution >= 0.6 is 12.6 Å². The van der Waals surface area contributed by atoms with Crippen LogP contribution in [0, 0.1) is 0 Å². The molecule has 0 atom stereocenters. The minimum atomic E-state index is 1.18. The third kappa shape index (κ3) is 1.53. The highest BCUT2D eigenvalue weighted by Gasteiger charge is 2.14. The molecule has 0 saturated carbocycles. The van der Waals surface area contributed by atoms with Crippen LogP contribution in [0.5, 0.6) is 0 Å². The molecule has 0 aliphatic heterocycles. The van der Waals surface area contributed by atoms with Crippen LogP contribution in [-0.2, 0) is 0 Å². The van der Waals surface area contributed by atoms with E-state index in [1.807, 2.05) is 0 Å². The quantitative estimate of drug-likeness (QED) is 0.523. The molecule has 0 heterocycles. The maximum Gasteiger partial charge on any atom is -0.0178 e. The van der Waals surface area contributed by atoms with E-state index in [0.717, 1.165) is 0 Å². The van der Waals surface area contributed by atoms with Crippen molar-refractivity contribution in [3.8, 4) is 0 Å². The molecule has 0 amide bonds. The second-order valence-corrected chi connectivity index (χ2v) is 4.05. The largest absolute Gasteiger partial charge is 0.148 e. The van der Waals surface area contributed by atoms with E-state index in [2.05, 4.69) is 18.7 Å². The molecule has 0 aromatic carbocycles. The van der Waals surface area contributed by atoms with Gasteiger partial charge in [0.1, 0.15) is 0 Å². The van der Waals surface area contributed by atoms with E-state index in [9.17, 15) is 0 Å². The lowest BCUT2D eigenvalue weighted by Crippen LogP contribution is -2.02. The Morgan fingerprint density at radius 2 is 1.82 bits per heavy atom. The summed E-state index contributed by atoms with van der Waals surface area (Å²) in [7, 11) is 0. The molecule has 0 unspecified atom stereocenters. The fourth-order valence-corrected chi connectivity index (χ4v) is 2.27. The first-order valence-electron chi connectivity index (χ1n) is 4.47. The van der Waals surface area contributed by atoms with Crippen molar-refractivity contribution in [1.82, 2.24) is 0 Å². The smallest absolute Gasteiger partial charge is 0.0178 e. The van der Waals surface area contributed by atoms with Crippen molar-refractivity contribution < 1.29 is 0 Å². The number of rotatable bonds is 0. The summed E-state index contributed by atoms with van der Waals surface area (Å²) in [6, 6.07) is 0. The molecule has 0 bridgehead atoms. The highest BCUT2D eigenvalue weighted by Crippen LogP contribution is 2.34. The Morgan fingerprint density at radius 3 is 2.73 bits per heavy atom. The maximum atomic E-state index is 4.41. The van der Waals surface area contributed by atoms with E-state index in [1.165, 1.54) is 43.4 Å². The molecule has 0 nitrogen and oxygen atoms in total. The normalized spacial score (nSPS) is 24.6. The molecule has 1 heteroatoms. The van der Waals surface area contributed by atoms with E-state index >= 15 is 0 Å². The van der Waals surface area contributed by atoms with Gasteiger partial charge < -0.3 is 0 Å². The second kappa shape index (κ2) is 3.06. The van der Waals surface area contributed by atoms with Crippen LogP contribution in [-0.4, -0.2) is 0 Å². The molecule has 0 radical (unpaired) electrons. The zero-order valence-electron chi connectivity index (χ0n) is 6.77. The minimum Gasteiger partial charge on any atom is -0.148 e. The average molecular weight is 166 g/mol. The maximum absolute atomic E-state index is 4.41. The van der Waals surface area contributed by atoms with Crippen molar-refractivity contribution in [2.75, 3.05) is 0 Å². The number of thiol groups is 1. The minimum absolute atomic E-state index is 1.18. The standard InChI is InChI=1S/C10H14S/c11-10-6-5-8-3-1-2-4-9(8)7-10/h7,11H,1-6H2.